The molecular formula is C12H18BrClN4. The van der Waals surface area contributed by atoms with Gasteiger partial charge in [0.05, 0.1) is 9.50 Å². The number of hydrogen-bond acceptors (Lipinski definition) is 4. The summed E-state index contributed by atoms with van der Waals surface area (Å²) in [6, 6.07) is 2.36. The van der Waals surface area contributed by atoms with E-state index in [1.54, 1.807) is 6.20 Å². The van der Waals surface area contributed by atoms with Crippen molar-refractivity contribution >= 4 is 33.3 Å². The van der Waals surface area contributed by atoms with E-state index in [0.717, 1.165) is 36.5 Å². The molecular weight excluding hydrogens is 316 g/mol. The second-order valence-electron chi connectivity index (χ2n) is 4.76. The van der Waals surface area contributed by atoms with E-state index >= 15 is 0 Å². The number of rotatable bonds is 3. The van der Waals surface area contributed by atoms with Crippen LogP contribution in [0, 0.1) is 0 Å². The molecule has 1 N–H and O–H groups in total. The smallest absolute Gasteiger partial charge is 0.140 e. The number of halogens is 2. The zero-order valence-corrected chi connectivity index (χ0v) is 13.0. The summed E-state index contributed by atoms with van der Waals surface area (Å²) in [4.78, 5) is 9.03. The molecule has 0 bridgehead atoms. The molecule has 1 aliphatic rings. The van der Waals surface area contributed by atoms with Crippen LogP contribution in [0.5, 0.6) is 0 Å². The maximum atomic E-state index is 5.87. The summed E-state index contributed by atoms with van der Waals surface area (Å²) in [6.07, 6.45) is 1.66. The molecule has 18 heavy (non-hydrogen) atoms. The Kier molecular flexibility index (Phi) is 4.84. The Balaban J connectivity index is 1.94. The van der Waals surface area contributed by atoms with Gasteiger partial charge in [0.2, 0.25) is 0 Å². The van der Waals surface area contributed by atoms with Crippen LogP contribution in [-0.4, -0.2) is 61.1 Å². The van der Waals surface area contributed by atoms with Crippen molar-refractivity contribution in [2.24, 2.45) is 0 Å². The van der Waals surface area contributed by atoms with Gasteiger partial charge >= 0.3 is 0 Å². The van der Waals surface area contributed by atoms with E-state index in [4.69, 9.17) is 11.6 Å². The van der Waals surface area contributed by atoms with Gasteiger partial charge < -0.3 is 10.2 Å². The van der Waals surface area contributed by atoms with Crippen LogP contribution in [0.15, 0.2) is 16.7 Å². The number of anilines is 1. The highest BCUT2D eigenvalue weighted by Crippen LogP contribution is 2.23. The summed E-state index contributed by atoms with van der Waals surface area (Å²) in [5.74, 6) is 0.848. The van der Waals surface area contributed by atoms with E-state index in [9.17, 15) is 0 Å². The van der Waals surface area contributed by atoms with Gasteiger partial charge in [0.15, 0.2) is 0 Å². The van der Waals surface area contributed by atoms with Crippen molar-refractivity contribution in [1.29, 1.82) is 0 Å². The summed E-state index contributed by atoms with van der Waals surface area (Å²) in [7, 11) is 4.33. The van der Waals surface area contributed by atoms with Crippen LogP contribution in [0.2, 0.25) is 5.02 Å². The topological polar surface area (TPSA) is 31.4 Å². The lowest BCUT2D eigenvalue weighted by atomic mass is 10.2. The molecule has 1 atom stereocenters. The van der Waals surface area contributed by atoms with Gasteiger partial charge in [0.25, 0.3) is 0 Å². The maximum absolute atomic E-state index is 5.87. The maximum Gasteiger partial charge on any atom is 0.140 e. The van der Waals surface area contributed by atoms with Gasteiger partial charge in [-0.2, -0.15) is 0 Å². The zero-order valence-electron chi connectivity index (χ0n) is 10.7. The van der Waals surface area contributed by atoms with E-state index < -0.39 is 0 Å². The first kappa shape index (κ1) is 14.1. The highest BCUT2D eigenvalue weighted by molar-refractivity contribution is 9.10. The van der Waals surface area contributed by atoms with Crippen molar-refractivity contribution in [3.63, 3.8) is 0 Å². The molecule has 0 aliphatic carbocycles. The molecule has 1 aliphatic heterocycles. The first-order chi connectivity index (χ1) is 8.56. The Morgan fingerprint density at radius 2 is 2.28 bits per heavy atom. The van der Waals surface area contributed by atoms with E-state index in [0.29, 0.717) is 11.1 Å². The van der Waals surface area contributed by atoms with Gasteiger partial charge in [0.1, 0.15) is 5.82 Å². The Labute approximate surface area is 121 Å². The molecule has 6 heteroatoms. The molecule has 100 valence electrons. The second-order valence-corrected chi connectivity index (χ2v) is 6.05. The van der Waals surface area contributed by atoms with Crippen LogP contribution in [0.1, 0.15) is 0 Å². The van der Waals surface area contributed by atoms with Crippen LogP contribution >= 0.6 is 27.5 Å². The summed E-state index contributed by atoms with van der Waals surface area (Å²) in [6.45, 7) is 4.21. The molecule has 2 heterocycles. The Hall–Kier alpha value is -0.360. The van der Waals surface area contributed by atoms with Gasteiger partial charge in [-0.25, -0.2) is 4.98 Å². The van der Waals surface area contributed by atoms with Crippen molar-refractivity contribution in [2.75, 3.05) is 45.6 Å². The average Bonchev–Trinajstić information content (AvgIpc) is 2.32. The fourth-order valence-corrected chi connectivity index (χ4v) is 2.86. The highest BCUT2D eigenvalue weighted by Gasteiger charge is 2.21. The predicted octanol–water partition coefficient (Wildman–Crippen LogP) is 2.16. The molecule has 0 spiro atoms. The molecule has 1 fully saturated rings. The fraction of sp³-hybridized carbons (Fsp3) is 0.583. The SMILES string of the molecule is CN1CCN(C)C(CNc2ncc(Cl)cc2Br)C1. The predicted molar refractivity (Wildman–Crippen MR) is 79.4 cm³/mol. The average molecular weight is 334 g/mol. The quantitative estimate of drug-likeness (QED) is 0.918. The minimum absolute atomic E-state index is 0.508. The van der Waals surface area contributed by atoms with Gasteiger partial charge in [-0.1, -0.05) is 11.6 Å². The lowest BCUT2D eigenvalue weighted by Crippen LogP contribution is -2.52. The van der Waals surface area contributed by atoms with E-state index in [1.165, 1.54) is 0 Å². The molecule has 0 radical (unpaired) electrons. The molecule has 1 aromatic heterocycles. The third kappa shape index (κ3) is 3.57. The second kappa shape index (κ2) is 6.19. The third-order valence-corrected chi connectivity index (χ3v) is 4.10. The van der Waals surface area contributed by atoms with Crippen molar-refractivity contribution in [3.8, 4) is 0 Å². The largest absolute Gasteiger partial charge is 0.368 e. The lowest BCUT2D eigenvalue weighted by Gasteiger charge is -2.37. The van der Waals surface area contributed by atoms with Crippen LogP contribution in [0.3, 0.4) is 0 Å². The van der Waals surface area contributed by atoms with E-state index in [1.807, 2.05) is 6.07 Å². The molecule has 0 aromatic carbocycles. The Bertz CT molecular complexity index is 415. The van der Waals surface area contributed by atoms with E-state index in [2.05, 4.69) is 50.1 Å². The summed E-state index contributed by atoms with van der Waals surface area (Å²) >= 11 is 9.34. The Morgan fingerprint density at radius 3 is 3.00 bits per heavy atom. The van der Waals surface area contributed by atoms with Crippen molar-refractivity contribution in [1.82, 2.24) is 14.8 Å². The molecule has 0 amide bonds. The first-order valence-electron chi connectivity index (χ1n) is 6.00. The van der Waals surface area contributed by atoms with Gasteiger partial charge in [0, 0.05) is 38.4 Å². The van der Waals surface area contributed by atoms with Crippen LogP contribution in [0.25, 0.3) is 0 Å². The van der Waals surface area contributed by atoms with Gasteiger partial charge in [-0.05, 0) is 36.1 Å². The summed E-state index contributed by atoms with van der Waals surface area (Å²) in [5.41, 5.74) is 0. The molecule has 4 nitrogen and oxygen atoms in total. The number of nitrogens with one attached hydrogen (secondary N) is 1. The minimum Gasteiger partial charge on any atom is -0.368 e. The molecule has 2 rings (SSSR count). The number of hydrogen-bond donors (Lipinski definition) is 1. The van der Waals surface area contributed by atoms with E-state index in [-0.39, 0.29) is 0 Å². The van der Waals surface area contributed by atoms with Gasteiger partial charge in [-0.15, -0.1) is 0 Å². The fourth-order valence-electron chi connectivity index (χ4n) is 2.08. The Morgan fingerprint density at radius 1 is 1.50 bits per heavy atom. The van der Waals surface area contributed by atoms with Crippen LogP contribution < -0.4 is 5.32 Å². The van der Waals surface area contributed by atoms with Gasteiger partial charge in [-0.3, -0.25) is 4.90 Å². The van der Waals surface area contributed by atoms with Crippen molar-refractivity contribution in [3.05, 3.63) is 21.8 Å². The number of nitrogens with zero attached hydrogens (tertiary/aromatic N) is 3. The third-order valence-electron chi connectivity index (χ3n) is 3.29. The molecule has 1 aromatic rings. The lowest BCUT2D eigenvalue weighted by molar-refractivity contribution is 0.122. The summed E-state index contributed by atoms with van der Waals surface area (Å²) < 4.78 is 0.904. The number of piperazine rings is 1. The molecule has 1 unspecified atom stereocenters. The molecule has 0 saturated carbocycles. The standard InChI is InChI=1S/C12H18BrClN4/c1-17-3-4-18(2)10(8-17)7-16-12-11(13)5-9(14)6-15-12/h5-6,10H,3-4,7-8H2,1-2H3,(H,15,16). The number of likely N-dealkylation sites (N-methyl/N-ethyl adjacent to an activating group) is 2. The zero-order chi connectivity index (χ0) is 13.1. The summed E-state index contributed by atoms with van der Waals surface area (Å²) in [5, 5.41) is 4.02. The molecule has 1 saturated heterocycles. The van der Waals surface area contributed by atoms with Crippen LogP contribution in [-0.2, 0) is 0 Å². The first-order valence-corrected chi connectivity index (χ1v) is 7.17. The minimum atomic E-state index is 0.508. The van der Waals surface area contributed by atoms with Crippen molar-refractivity contribution in [2.45, 2.75) is 6.04 Å². The van der Waals surface area contributed by atoms with Crippen molar-refractivity contribution < 1.29 is 0 Å². The normalized spacial score (nSPS) is 22.1. The highest BCUT2D eigenvalue weighted by atomic mass is 79.9. The van der Waals surface area contributed by atoms with Crippen LogP contribution in [0.4, 0.5) is 5.82 Å². The number of aromatic nitrogens is 1. The number of pyridine rings is 1. The monoisotopic (exact) mass is 332 g/mol.